The first-order valence-electron chi connectivity index (χ1n) is 7.09. The number of hydrogen-bond acceptors (Lipinski definition) is 5. The molecule has 1 amide bonds. The van der Waals surface area contributed by atoms with Crippen LogP contribution in [0, 0.1) is 5.92 Å². The zero-order chi connectivity index (χ0) is 15.3. The average molecular weight is 286 g/mol. The second kappa shape index (κ2) is 7.59. The lowest BCUT2D eigenvalue weighted by atomic mass is 9.99. The Morgan fingerprint density at radius 1 is 1.30 bits per heavy atom. The summed E-state index contributed by atoms with van der Waals surface area (Å²) in [7, 11) is 1.31. The fourth-order valence-corrected chi connectivity index (χ4v) is 2.67. The van der Waals surface area contributed by atoms with Gasteiger partial charge in [0.05, 0.1) is 25.4 Å². The minimum Gasteiger partial charge on any atom is -0.468 e. The van der Waals surface area contributed by atoms with Crippen molar-refractivity contribution in [1.29, 1.82) is 0 Å². The van der Waals surface area contributed by atoms with Crippen molar-refractivity contribution < 1.29 is 19.1 Å². The summed E-state index contributed by atoms with van der Waals surface area (Å²) in [5.41, 5.74) is 0. The van der Waals surface area contributed by atoms with Gasteiger partial charge < -0.3 is 14.8 Å². The smallest absolute Gasteiger partial charge is 0.325 e. The zero-order valence-electron chi connectivity index (χ0n) is 13.0. The van der Waals surface area contributed by atoms with Crippen molar-refractivity contribution in [3.8, 4) is 0 Å². The summed E-state index contributed by atoms with van der Waals surface area (Å²) in [6.45, 7) is 9.38. The molecule has 1 saturated heterocycles. The first-order valence-corrected chi connectivity index (χ1v) is 7.09. The van der Waals surface area contributed by atoms with E-state index in [4.69, 9.17) is 4.74 Å². The van der Waals surface area contributed by atoms with Crippen molar-refractivity contribution in [1.82, 2.24) is 10.2 Å². The van der Waals surface area contributed by atoms with Crippen LogP contribution in [0.4, 0.5) is 0 Å². The lowest BCUT2D eigenvalue weighted by Crippen LogP contribution is -2.57. The largest absolute Gasteiger partial charge is 0.468 e. The summed E-state index contributed by atoms with van der Waals surface area (Å²) < 4.78 is 10.2. The van der Waals surface area contributed by atoms with Gasteiger partial charge in [-0.2, -0.15) is 0 Å². The predicted octanol–water partition coefficient (Wildman–Crippen LogP) is 0.409. The molecule has 1 heterocycles. The first kappa shape index (κ1) is 16.9. The standard InChI is InChI=1S/C14H26N2O4/c1-9(2)13(14(18)15-6-12(17)19-5)16-7-10(3)20-11(4)8-16/h9-11,13H,6-8H2,1-5H3,(H,15,18). The van der Waals surface area contributed by atoms with Crippen molar-refractivity contribution in [2.75, 3.05) is 26.7 Å². The number of esters is 1. The molecule has 0 radical (unpaired) electrons. The van der Waals surface area contributed by atoms with Crippen LogP contribution in [-0.4, -0.2) is 61.8 Å². The number of amides is 1. The summed E-state index contributed by atoms with van der Waals surface area (Å²) >= 11 is 0. The van der Waals surface area contributed by atoms with Crippen LogP contribution in [0.2, 0.25) is 0 Å². The van der Waals surface area contributed by atoms with Crippen LogP contribution >= 0.6 is 0 Å². The number of methoxy groups -OCH3 is 1. The first-order chi connectivity index (χ1) is 9.35. The van der Waals surface area contributed by atoms with Gasteiger partial charge in [-0.05, 0) is 19.8 Å². The Morgan fingerprint density at radius 2 is 1.85 bits per heavy atom. The van der Waals surface area contributed by atoms with Gasteiger partial charge in [-0.25, -0.2) is 0 Å². The maximum atomic E-state index is 12.3. The number of nitrogens with zero attached hydrogens (tertiary/aromatic N) is 1. The van der Waals surface area contributed by atoms with Gasteiger partial charge >= 0.3 is 5.97 Å². The topological polar surface area (TPSA) is 67.9 Å². The fourth-order valence-electron chi connectivity index (χ4n) is 2.67. The maximum absolute atomic E-state index is 12.3. The van der Waals surface area contributed by atoms with Gasteiger partial charge in [0.1, 0.15) is 6.54 Å². The average Bonchev–Trinajstić information content (AvgIpc) is 2.34. The predicted molar refractivity (Wildman–Crippen MR) is 75.2 cm³/mol. The molecule has 1 N–H and O–H groups in total. The number of ether oxygens (including phenoxy) is 2. The van der Waals surface area contributed by atoms with Crippen LogP contribution in [0.1, 0.15) is 27.7 Å². The van der Waals surface area contributed by atoms with Crippen molar-refractivity contribution in [3.05, 3.63) is 0 Å². The Bertz CT molecular complexity index is 336. The summed E-state index contributed by atoms with van der Waals surface area (Å²) in [6.07, 6.45) is 0.210. The highest BCUT2D eigenvalue weighted by Crippen LogP contribution is 2.18. The quantitative estimate of drug-likeness (QED) is 0.741. The van der Waals surface area contributed by atoms with E-state index in [2.05, 4.69) is 15.0 Å². The van der Waals surface area contributed by atoms with Crippen LogP contribution in [0.5, 0.6) is 0 Å². The Kier molecular flexibility index (Phi) is 6.42. The number of nitrogens with one attached hydrogen (secondary N) is 1. The molecule has 0 saturated carbocycles. The molecule has 0 bridgehead atoms. The maximum Gasteiger partial charge on any atom is 0.325 e. The van der Waals surface area contributed by atoms with E-state index in [0.717, 1.165) is 13.1 Å². The Labute approximate surface area is 120 Å². The molecule has 3 atom stereocenters. The van der Waals surface area contributed by atoms with Crippen LogP contribution in [0.3, 0.4) is 0 Å². The fraction of sp³-hybridized carbons (Fsp3) is 0.857. The van der Waals surface area contributed by atoms with Gasteiger partial charge in [0.25, 0.3) is 0 Å². The zero-order valence-corrected chi connectivity index (χ0v) is 13.0. The Balaban J connectivity index is 2.67. The van der Waals surface area contributed by atoms with Gasteiger partial charge in [-0.15, -0.1) is 0 Å². The Morgan fingerprint density at radius 3 is 2.30 bits per heavy atom. The minimum atomic E-state index is -0.440. The summed E-state index contributed by atoms with van der Waals surface area (Å²) in [4.78, 5) is 25.6. The molecule has 0 aliphatic carbocycles. The second-order valence-corrected chi connectivity index (χ2v) is 5.69. The number of morpholine rings is 1. The minimum absolute atomic E-state index is 0.0893. The van der Waals surface area contributed by atoms with Crippen molar-refractivity contribution in [3.63, 3.8) is 0 Å². The molecule has 1 aliphatic heterocycles. The highest BCUT2D eigenvalue weighted by Gasteiger charge is 2.34. The molecule has 0 aromatic rings. The molecule has 1 fully saturated rings. The molecule has 116 valence electrons. The van der Waals surface area contributed by atoms with E-state index in [0.29, 0.717) is 0 Å². The molecular weight excluding hydrogens is 260 g/mol. The molecule has 1 rings (SSSR count). The lowest BCUT2D eigenvalue weighted by molar-refractivity contribution is -0.143. The van der Waals surface area contributed by atoms with Gasteiger partial charge in [0, 0.05) is 13.1 Å². The van der Waals surface area contributed by atoms with Gasteiger partial charge in [-0.1, -0.05) is 13.8 Å². The van der Waals surface area contributed by atoms with Crippen LogP contribution < -0.4 is 5.32 Å². The van der Waals surface area contributed by atoms with E-state index in [1.165, 1.54) is 7.11 Å². The van der Waals surface area contributed by atoms with Gasteiger partial charge in [0.2, 0.25) is 5.91 Å². The van der Waals surface area contributed by atoms with E-state index in [1.807, 2.05) is 27.7 Å². The van der Waals surface area contributed by atoms with Gasteiger partial charge in [-0.3, -0.25) is 14.5 Å². The number of hydrogen-bond donors (Lipinski definition) is 1. The Hall–Kier alpha value is -1.14. The number of rotatable bonds is 5. The third-order valence-electron chi connectivity index (χ3n) is 3.38. The molecule has 0 aromatic heterocycles. The molecular formula is C14H26N2O4. The van der Waals surface area contributed by atoms with Crippen molar-refractivity contribution in [2.24, 2.45) is 5.92 Å². The van der Waals surface area contributed by atoms with E-state index in [9.17, 15) is 9.59 Å². The molecule has 6 nitrogen and oxygen atoms in total. The molecule has 20 heavy (non-hydrogen) atoms. The van der Waals surface area contributed by atoms with Crippen molar-refractivity contribution >= 4 is 11.9 Å². The van der Waals surface area contributed by atoms with Crippen LogP contribution in [-0.2, 0) is 19.1 Å². The normalized spacial score (nSPS) is 25.3. The highest BCUT2D eigenvalue weighted by atomic mass is 16.5. The summed E-state index contributed by atoms with van der Waals surface area (Å²) in [5, 5.41) is 2.65. The molecule has 6 heteroatoms. The molecule has 0 spiro atoms. The highest BCUT2D eigenvalue weighted by molar-refractivity contribution is 5.85. The SMILES string of the molecule is COC(=O)CNC(=O)C(C(C)C)N1CC(C)OC(C)C1. The monoisotopic (exact) mass is 286 g/mol. The van der Waals surface area contributed by atoms with E-state index in [-0.39, 0.29) is 36.6 Å². The third-order valence-corrected chi connectivity index (χ3v) is 3.38. The third kappa shape index (κ3) is 4.76. The lowest BCUT2D eigenvalue weighted by Gasteiger charge is -2.40. The molecule has 1 aliphatic rings. The second-order valence-electron chi connectivity index (χ2n) is 5.69. The summed E-state index contributed by atoms with van der Waals surface area (Å²) in [6, 6.07) is -0.256. The number of carbonyl (C=O) groups excluding carboxylic acids is 2. The van der Waals surface area contributed by atoms with Gasteiger partial charge in [0.15, 0.2) is 0 Å². The number of carbonyl (C=O) groups is 2. The van der Waals surface area contributed by atoms with E-state index in [1.54, 1.807) is 0 Å². The van der Waals surface area contributed by atoms with Crippen LogP contribution in [0.25, 0.3) is 0 Å². The molecule has 3 unspecified atom stereocenters. The summed E-state index contributed by atoms with van der Waals surface area (Å²) in [5.74, 6) is -0.415. The van der Waals surface area contributed by atoms with Crippen LogP contribution in [0.15, 0.2) is 0 Å². The van der Waals surface area contributed by atoms with E-state index >= 15 is 0 Å². The molecule has 0 aromatic carbocycles. The van der Waals surface area contributed by atoms with Crippen molar-refractivity contribution in [2.45, 2.75) is 45.9 Å². The van der Waals surface area contributed by atoms with E-state index < -0.39 is 5.97 Å².